The van der Waals surface area contributed by atoms with Crippen LogP contribution in [0.1, 0.15) is 19.8 Å². The molecular weight excluding hydrogens is 268 g/mol. The van der Waals surface area contributed by atoms with Crippen LogP contribution in [0.25, 0.3) is 0 Å². The summed E-state index contributed by atoms with van der Waals surface area (Å²) in [6, 6.07) is -0.377. The van der Waals surface area contributed by atoms with Crippen LogP contribution in [-0.4, -0.2) is 58.6 Å². The maximum Gasteiger partial charge on any atom is 0.407 e. The lowest BCUT2D eigenvalue weighted by Crippen LogP contribution is -2.38. The van der Waals surface area contributed by atoms with Gasteiger partial charge in [0.15, 0.2) is 6.04 Å². The molecule has 1 unspecified atom stereocenters. The van der Waals surface area contributed by atoms with Gasteiger partial charge in [-0.1, -0.05) is 0 Å². The Hall–Kier alpha value is -1.24. The van der Waals surface area contributed by atoms with Crippen molar-refractivity contribution in [3.05, 3.63) is 0 Å². The highest BCUT2D eigenvalue weighted by molar-refractivity contribution is 8.14. The first-order valence-electron chi connectivity index (χ1n) is 6.46. The number of amides is 1. The number of carbonyl (C=O) groups excluding carboxylic acids is 1. The second-order valence-electron chi connectivity index (χ2n) is 4.59. The lowest BCUT2D eigenvalue weighted by molar-refractivity contribution is -0.143. The van der Waals surface area contributed by atoms with Gasteiger partial charge in [-0.15, -0.1) is 11.8 Å². The Balaban J connectivity index is 1.88. The molecule has 2 aliphatic heterocycles. The predicted molar refractivity (Wildman–Crippen MR) is 72.6 cm³/mol. The summed E-state index contributed by atoms with van der Waals surface area (Å²) in [5, 5.41) is 9.88. The monoisotopic (exact) mass is 286 g/mol. The molecule has 2 aliphatic rings. The summed E-state index contributed by atoms with van der Waals surface area (Å²) in [5.74, 6) is 0.681. The zero-order chi connectivity index (χ0) is 13.8. The van der Waals surface area contributed by atoms with Gasteiger partial charge in [0.05, 0.1) is 11.7 Å². The number of carboxylic acid groups (broad SMARTS) is 1. The van der Waals surface area contributed by atoms with Gasteiger partial charge in [-0.2, -0.15) is 0 Å². The predicted octanol–water partition coefficient (Wildman–Crippen LogP) is 1.45. The van der Waals surface area contributed by atoms with E-state index < -0.39 is 6.09 Å². The van der Waals surface area contributed by atoms with Gasteiger partial charge in [-0.25, -0.2) is 9.59 Å². The first kappa shape index (κ1) is 14.2. The average Bonchev–Trinajstić information content (AvgIpc) is 2.89. The van der Waals surface area contributed by atoms with Crippen molar-refractivity contribution >= 4 is 28.9 Å². The summed E-state index contributed by atoms with van der Waals surface area (Å²) in [6.07, 6.45) is 0.713. The Morgan fingerprint density at radius 1 is 1.47 bits per heavy atom. The van der Waals surface area contributed by atoms with Crippen LogP contribution in [0.5, 0.6) is 0 Å². The molecule has 1 saturated heterocycles. The van der Waals surface area contributed by atoms with E-state index in [4.69, 9.17) is 9.84 Å². The Morgan fingerprint density at radius 2 is 2.16 bits per heavy atom. The van der Waals surface area contributed by atoms with Crippen molar-refractivity contribution in [1.29, 1.82) is 0 Å². The van der Waals surface area contributed by atoms with Crippen molar-refractivity contribution in [2.45, 2.75) is 25.8 Å². The number of nitrogens with zero attached hydrogens (tertiary/aromatic N) is 2. The number of rotatable bonds is 3. The molecule has 1 N–H and O–H groups in total. The zero-order valence-corrected chi connectivity index (χ0v) is 11.7. The van der Waals surface area contributed by atoms with Crippen LogP contribution < -0.4 is 0 Å². The fourth-order valence-corrected chi connectivity index (χ4v) is 3.51. The smallest absolute Gasteiger partial charge is 0.407 e. The first-order valence-corrected chi connectivity index (χ1v) is 7.45. The Bertz CT molecular complexity index is 391. The highest BCUT2D eigenvalue weighted by Gasteiger charge is 2.32. The lowest BCUT2D eigenvalue weighted by Gasteiger charge is -2.29. The van der Waals surface area contributed by atoms with Crippen LogP contribution in [0.3, 0.4) is 0 Å². The zero-order valence-electron chi connectivity index (χ0n) is 10.9. The van der Waals surface area contributed by atoms with Gasteiger partial charge in [0.25, 0.3) is 0 Å². The molecule has 1 amide bonds. The van der Waals surface area contributed by atoms with E-state index in [1.807, 2.05) is 0 Å². The topological polar surface area (TPSA) is 79.2 Å². The molecule has 1 atom stereocenters. The van der Waals surface area contributed by atoms with Crippen molar-refractivity contribution in [2.24, 2.45) is 10.9 Å². The van der Waals surface area contributed by atoms with E-state index in [1.54, 1.807) is 18.7 Å². The summed E-state index contributed by atoms with van der Waals surface area (Å²) in [6.45, 7) is 3.25. The number of thioether (sulfide) groups is 1. The summed E-state index contributed by atoms with van der Waals surface area (Å²) in [7, 11) is 0. The Labute approximate surface area is 116 Å². The normalized spacial score (nSPS) is 24.2. The minimum Gasteiger partial charge on any atom is -0.465 e. The molecule has 0 bridgehead atoms. The van der Waals surface area contributed by atoms with E-state index in [9.17, 15) is 9.59 Å². The maximum atomic E-state index is 11.6. The molecule has 0 aliphatic carbocycles. The molecule has 106 valence electrons. The number of ether oxygens (including phenoxy) is 1. The molecule has 0 saturated carbocycles. The molecule has 2 rings (SSSR count). The third-order valence-corrected chi connectivity index (χ3v) is 4.56. The van der Waals surface area contributed by atoms with Crippen molar-refractivity contribution in [1.82, 2.24) is 4.90 Å². The molecule has 0 aromatic heterocycles. The average molecular weight is 286 g/mol. The highest BCUT2D eigenvalue weighted by atomic mass is 32.2. The largest absolute Gasteiger partial charge is 0.465 e. The van der Waals surface area contributed by atoms with Crippen LogP contribution in [0.4, 0.5) is 4.79 Å². The van der Waals surface area contributed by atoms with E-state index in [0.29, 0.717) is 31.4 Å². The SMILES string of the molecule is CCOC(=O)C1CSC(C2CCN(C(=O)O)CC2)=N1. The van der Waals surface area contributed by atoms with Gasteiger partial charge in [0.2, 0.25) is 0 Å². The molecule has 7 heteroatoms. The summed E-state index contributed by atoms with van der Waals surface area (Å²) in [5.41, 5.74) is 0. The van der Waals surface area contributed by atoms with Gasteiger partial charge in [0, 0.05) is 24.8 Å². The third kappa shape index (κ3) is 3.40. The van der Waals surface area contributed by atoms with E-state index >= 15 is 0 Å². The molecule has 0 spiro atoms. The van der Waals surface area contributed by atoms with Crippen molar-refractivity contribution in [3.63, 3.8) is 0 Å². The van der Waals surface area contributed by atoms with Crippen LogP contribution in [0, 0.1) is 5.92 Å². The number of carbonyl (C=O) groups is 2. The minimum atomic E-state index is -0.858. The van der Waals surface area contributed by atoms with Crippen LogP contribution in [-0.2, 0) is 9.53 Å². The second-order valence-corrected chi connectivity index (χ2v) is 5.63. The van der Waals surface area contributed by atoms with Crippen LogP contribution >= 0.6 is 11.8 Å². The van der Waals surface area contributed by atoms with E-state index in [0.717, 1.165) is 17.9 Å². The lowest BCUT2D eigenvalue weighted by atomic mass is 9.98. The van der Waals surface area contributed by atoms with Crippen LogP contribution in [0.15, 0.2) is 4.99 Å². The molecule has 0 aromatic rings. The molecule has 6 nitrogen and oxygen atoms in total. The molecule has 19 heavy (non-hydrogen) atoms. The molecular formula is C12H18N2O4S. The maximum absolute atomic E-state index is 11.6. The summed E-state index contributed by atoms with van der Waals surface area (Å²) < 4.78 is 4.96. The quantitative estimate of drug-likeness (QED) is 0.794. The van der Waals surface area contributed by atoms with Crippen molar-refractivity contribution in [2.75, 3.05) is 25.4 Å². The Morgan fingerprint density at radius 3 is 2.74 bits per heavy atom. The van der Waals surface area contributed by atoms with E-state index in [1.165, 1.54) is 4.90 Å². The van der Waals surface area contributed by atoms with Crippen LogP contribution in [0.2, 0.25) is 0 Å². The van der Waals surface area contributed by atoms with E-state index in [2.05, 4.69) is 4.99 Å². The fraction of sp³-hybridized carbons (Fsp3) is 0.750. The minimum absolute atomic E-state index is 0.257. The number of hydrogen-bond donors (Lipinski definition) is 1. The van der Waals surface area contributed by atoms with Gasteiger partial charge >= 0.3 is 12.1 Å². The highest BCUT2D eigenvalue weighted by Crippen LogP contribution is 2.30. The van der Waals surface area contributed by atoms with Crippen molar-refractivity contribution < 1.29 is 19.4 Å². The first-order chi connectivity index (χ1) is 9.11. The number of likely N-dealkylation sites (tertiary alicyclic amines) is 1. The molecule has 0 radical (unpaired) electrons. The molecule has 1 fully saturated rings. The van der Waals surface area contributed by atoms with Gasteiger partial charge in [0.1, 0.15) is 0 Å². The number of esters is 1. The molecule has 2 heterocycles. The summed E-state index contributed by atoms with van der Waals surface area (Å²) in [4.78, 5) is 28.3. The standard InChI is InChI=1S/C12H18N2O4S/c1-2-18-11(15)9-7-19-10(13-9)8-3-5-14(6-4-8)12(16)17/h8-9H,2-7H2,1H3,(H,16,17). The second kappa shape index (κ2) is 6.27. The van der Waals surface area contributed by atoms with Gasteiger partial charge < -0.3 is 14.7 Å². The summed E-state index contributed by atoms with van der Waals surface area (Å²) >= 11 is 1.60. The Kier molecular flexibility index (Phi) is 4.68. The number of piperidine rings is 1. The van der Waals surface area contributed by atoms with Crippen molar-refractivity contribution in [3.8, 4) is 0 Å². The van der Waals surface area contributed by atoms with E-state index in [-0.39, 0.29) is 12.0 Å². The number of aliphatic imine (C=N–C) groups is 1. The molecule has 0 aromatic carbocycles. The number of hydrogen-bond acceptors (Lipinski definition) is 5. The van der Waals surface area contributed by atoms with Gasteiger partial charge in [-0.3, -0.25) is 4.99 Å². The fourth-order valence-electron chi connectivity index (χ4n) is 2.29. The van der Waals surface area contributed by atoms with Gasteiger partial charge in [-0.05, 0) is 19.8 Å². The third-order valence-electron chi connectivity index (χ3n) is 3.35.